The molecule has 1 aliphatic carbocycles. The highest BCUT2D eigenvalue weighted by atomic mass is 16.5. The Morgan fingerprint density at radius 1 is 1.15 bits per heavy atom. The van der Waals surface area contributed by atoms with Crippen molar-refractivity contribution in [2.75, 3.05) is 37.5 Å². The second kappa shape index (κ2) is 9.74. The largest absolute Gasteiger partial charge is 0.481 e. The molecule has 0 radical (unpaired) electrons. The molecule has 1 fully saturated rings. The van der Waals surface area contributed by atoms with E-state index in [1.165, 1.54) is 0 Å². The number of hydrogen-bond donors (Lipinski definition) is 2. The first-order chi connectivity index (χ1) is 15.9. The van der Waals surface area contributed by atoms with E-state index in [1.54, 1.807) is 12.0 Å². The van der Waals surface area contributed by atoms with Gasteiger partial charge in [0.15, 0.2) is 0 Å². The molecule has 2 aromatic rings. The summed E-state index contributed by atoms with van der Waals surface area (Å²) in [6.07, 6.45) is 5.61. The number of nitrogens with zero attached hydrogens (tertiary/aromatic N) is 3. The van der Waals surface area contributed by atoms with Crippen LogP contribution in [0.2, 0.25) is 0 Å². The molecule has 3 N–H and O–H groups in total. The third-order valence-electron chi connectivity index (χ3n) is 6.63. The number of hydrogen-bond acceptors (Lipinski definition) is 7. The molecule has 1 saturated carbocycles. The van der Waals surface area contributed by atoms with Crippen LogP contribution in [0.3, 0.4) is 0 Å². The van der Waals surface area contributed by atoms with Crippen molar-refractivity contribution in [3.8, 4) is 6.01 Å². The third kappa shape index (κ3) is 4.78. The lowest BCUT2D eigenvalue weighted by molar-refractivity contribution is -0.138. The van der Waals surface area contributed by atoms with Crippen molar-refractivity contribution in [2.24, 2.45) is 0 Å². The van der Waals surface area contributed by atoms with Crippen molar-refractivity contribution in [2.45, 2.75) is 50.4 Å². The molecule has 1 aliphatic heterocycles. The third-order valence-corrected chi connectivity index (χ3v) is 6.63. The van der Waals surface area contributed by atoms with Crippen LogP contribution < -0.4 is 15.4 Å². The van der Waals surface area contributed by atoms with Gasteiger partial charge < -0.3 is 25.2 Å². The summed E-state index contributed by atoms with van der Waals surface area (Å²) in [5, 5.41) is 9.49. The van der Waals surface area contributed by atoms with Gasteiger partial charge in [0.2, 0.25) is 0 Å². The fourth-order valence-electron chi connectivity index (χ4n) is 4.98. The van der Waals surface area contributed by atoms with E-state index < -0.39 is 5.97 Å². The molecule has 0 atom stereocenters. The zero-order chi connectivity index (χ0) is 23.4. The predicted octanol–water partition coefficient (Wildman–Crippen LogP) is 2.96. The maximum Gasteiger partial charge on any atom is 0.318 e. The topological polar surface area (TPSA) is 128 Å². The first-order valence-electron chi connectivity index (χ1n) is 11.4. The molecule has 1 amide bonds. The summed E-state index contributed by atoms with van der Waals surface area (Å²) in [6.45, 7) is 1.15. The minimum atomic E-state index is -0.773. The molecule has 2 aliphatic rings. The standard InChI is InChI=1S/C24H30N4O5/c1-32-13-14-33-23-26-18-9-12-28(22(31)20(18)21(25)27-23)17-7-5-16(6-8-17)24(15-19(29)30)10-3-2-4-11-24/h5-8H,2-4,9-15H2,1H3,(H,29,30)(H2,25,26,27). The summed E-state index contributed by atoms with van der Waals surface area (Å²) in [5.41, 5.74) is 8.42. The van der Waals surface area contributed by atoms with Crippen LogP contribution in [0, 0.1) is 0 Å². The van der Waals surface area contributed by atoms with Crippen LogP contribution in [0.5, 0.6) is 6.01 Å². The van der Waals surface area contributed by atoms with Gasteiger partial charge in [0.05, 0.1) is 18.7 Å². The van der Waals surface area contributed by atoms with Crippen molar-refractivity contribution < 1.29 is 24.2 Å². The van der Waals surface area contributed by atoms with Gasteiger partial charge in [0.25, 0.3) is 5.91 Å². The Bertz CT molecular complexity index is 1020. The summed E-state index contributed by atoms with van der Waals surface area (Å²) in [6, 6.07) is 7.88. The van der Waals surface area contributed by atoms with Crippen LogP contribution in [0.25, 0.3) is 0 Å². The molecule has 0 bridgehead atoms. The predicted molar refractivity (Wildman–Crippen MR) is 123 cm³/mol. The number of nitrogens with two attached hydrogens (primary N) is 1. The molecule has 9 nitrogen and oxygen atoms in total. The van der Waals surface area contributed by atoms with Crippen molar-refractivity contribution in [3.05, 3.63) is 41.1 Å². The summed E-state index contributed by atoms with van der Waals surface area (Å²) >= 11 is 0. The molecule has 0 saturated heterocycles. The molecular formula is C24H30N4O5. The number of fused-ring (bicyclic) bond motifs is 1. The van der Waals surface area contributed by atoms with Gasteiger partial charge in [-0.2, -0.15) is 9.97 Å². The molecule has 1 aromatic heterocycles. The fourth-order valence-corrected chi connectivity index (χ4v) is 4.98. The zero-order valence-electron chi connectivity index (χ0n) is 18.9. The molecule has 33 heavy (non-hydrogen) atoms. The number of anilines is 2. The number of aliphatic carboxylic acids is 1. The van der Waals surface area contributed by atoms with Gasteiger partial charge in [-0.3, -0.25) is 9.59 Å². The van der Waals surface area contributed by atoms with Gasteiger partial charge >= 0.3 is 12.0 Å². The van der Waals surface area contributed by atoms with Crippen molar-refractivity contribution in [3.63, 3.8) is 0 Å². The van der Waals surface area contributed by atoms with E-state index in [9.17, 15) is 14.7 Å². The van der Waals surface area contributed by atoms with E-state index >= 15 is 0 Å². The monoisotopic (exact) mass is 454 g/mol. The minimum absolute atomic E-state index is 0.0985. The SMILES string of the molecule is COCCOc1nc(N)c2c(n1)CCN(c1ccc(C3(CC(=O)O)CCCCC3)cc1)C2=O. The highest BCUT2D eigenvalue weighted by molar-refractivity contribution is 6.10. The highest BCUT2D eigenvalue weighted by Gasteiger charge is 2.36. The average molecular weight is 455 g/mol. The summed E-state index contributed by atoms with van der Waals surface area (Å²) in [4.78, 5) is 35.0. The second-order valence-electron chi connectivity index (χ2n) is 8.72. The number of carboxylic acid groups (broad SMARTS) is 1. The van der Waals surface area contributed by atoms with E-state index in [4.69, 9.17) is 15.2 Å². The maximum atomic E-state index is 13.2. The number of carbonyl (C=O) groups is 2. The number of carbonyl (C=O) groups excluding carboxylic acids is 1. The molecule has 176 valence electrons. The molecule has 9 heteroatoms. The van der Waals surface area contributed by atoms with Gasteiger partial charge in [0.1, 0.15) is 18.0 Å². The van der Waals surface area contributed by atoms with Gasteiger partial charge in [-0.15, -0.1) is 0 Å². The number of rotatable bonds is 8. The van der Waals surface area contributed by atoms with Crippen LogP contribution in [-0.2, 0) is 21.4 Å². The van der Waals surface area contributed by atoms with Gasteiger partial charge in [-0.05, 0) is 30.5 Å². The number of benzene rings is 1. The summed E-state index contributed by atoms with van der Waals surface area (Å²) in [5.74, 6) is -0.922. The van der Waals surface area contributed by atoms with Crippen LogP contribution in [-0.4, -0.2) is 53.8 Å². The van der Waals surface area contributed by atoms with Crippen LogP contribution >= 0.6 is 0 Å². The van der Waals surface area contributed by atoms with E-state index in [1.807, 2.05) is 24.3 Å². The summed E-state index contributed by atoms with van der Waals surface area (Å²) < 4.78 is 10.4. The lowest BCUT2D eigenvalue weighted by atomic mass is 9.67. The first kappa shape index (κ1) is 23.0. The molecule has 0 spiro atoms. The Morgan fingerprint density at radius 2 is 1.88 bits per heavy atom. The minimum Gasteiger partial charge on any atom is -0.481 e. The number of carboxylic acids is 1. The fraction of sp³-hybridized carbons (Fsp3) is 0.500. The zero-order valence-corrected chi connectivity index (χ0v) is 18.9. The van der Waals surface area contributed by atoms with E-state index in [2.05, 4.69) is 9.97 Å². The molecule has 0 unspecified atom stereocenters. The molecular weight excluding hydrogens is 424 g/mol. The van der Waals surface area contributed by atoms with E-state index in [0.717, 1.165) is 43.4 Å². The Balaban J connectivity index is 1.55. The number of amides is 1. The molecule has 2 heterocycles. The Kier molecular flexibility index (Phi) is 6.78. The number of nitrogen functional groups attached to an aromatic ring is 1. The second-order valence-corrected chi connectivity index (χ2v) is 8.72. The lowest BCUT2D eigenvalue weighted by Crippen LogP contribution is -2.39. The van der Waals surface area contributed by atoms with Gasteiger partial charge in [-0.1, -0.05) is 31.4 Å². The van der Waals surface area contributed by atoms with Gasteiger partial charge in [0, 0.05) is 31.2 Å². The first-order valence-corrected chi connectivity index (χ1v) is 11.4. The quantitative estimate of drug-likeness (QED) is 0.583. The van der Waals surface area contributed by atoms with Gasteiger partial charge in [-0.25, -0.2) is 0 Å². The van der Waals surface area contributed by atoms with Crippen LogP contribution in [0.4, 0.5) is 11.5 Å². The Hall–Kier alpha value is -3.20. The van der Waals surface area contributed by atoms with Crippen LogP contribution in [0.15, 0.2) is 24.3 Å². The lowest BCUT2D eigenvalue weighted by Gasteiger charge is -2.37. The maximum absolute atomic E-state index is 13.2. The van der Waals surface area contributed by atoms with Crippen LogP contribution in [0.1, 0.15) is 60.1 Å². The number of methoxy groups -OCH3 is 1. The van der Waals surface area contributed by atoms with Crippen molar-refractivity contribution in [1.29, 1.82) is 0 Å². The normalized spacial score (nSPS) is 17.5. The highest BCUT2D eigenvalue weighted by Crippen LogP contribution is 2.43. The number of aromatic nitrogens is 2. The Labute approximate surface area is 192 Å². The van der Waals surface area contributed by atoms with E-state index in [-0.39, 0.29) is 29.6 Å². The van der Waals surface area contributed by atoms with Crippen molar-refractivity contribution >= 4 is 23.4 Å². The molecule has 4 rings (SSSR count). The number of ether oxygens (including phenoxy) is 2. The van der Waals surface area contributed by atoms with Crippen molar-refractivity contribution in [1.82, 2.24) is 9.97 Å². The average Bonchev–Trinajstić information content (AvgIpc) is 2.79. The molecule has 1 aromatic carbocycles. The smallest absolute Gasteiger partial charge is 0.318 e. The Morgan fingerprint density at radius 3 is 2.55 bits per heavy atom. The van der Waals surface area contributed by atoms with E-state index in [0.29, 0.717) is 37.4 Å². The summed E-state index contributed by atoms with van der Waals surface area (Å²) in [7, 11) is 1.58.